The molecule has 0 radical (unpaired) electrons. The molecule has 0 aliphatic rings. The maximum Gasteiger partial charge on any atom is 0.289 e. The normalized spacial score (nSPS) is 10.3. The minimum atomic E-state index is -0.593. The topological polar surface area (TPSA) is 72.2 Å². The van der Waals surface area contributed by atoms with E-state index >= 15 is 0 Å². The van der Waals surface area contributed by atoms with Gasteiger partial charge >= 0.3 is 0 Å². The molecule has 22 heavy (non-hydrogen) atoms. The number of hydrogen-bond donors (Lipinski definition) is 1. The van der Waals surface area contributed by atoms with Crippen molar-refractivity contribution in [3.05, 3.63) is 68.2 Å². The molecule has 0 aliphatic carbocycles. The quantitative estimate of drug-likeness (QED) is 0.645. The molecule has 114 valence electrons. The zero-order valence-electron chi connectivity index (χ0n) is 11.4. The first kappa shape index (κ1) is 16.3. The third-order valence-corrected chi connectivity index (χ3v) is 3.51. The number of aryl methyl sites for hydroxylation is 1. The molecule has 0 saturated carbocycles. The van der Waals surface area contributed by atoms with Crippen LogP contribution in [0.15, 0.2) is 42.5 Å². The largest absolute Gasteiger partial charge is 0.326 e. The van der Waals surface area contributed by atoms with Crippen molar-refractivity contribution in [2.24, 2.45) is 0 Å². The summed E-state index contributed by atoms with van der Waals surface area (Å²) in [5, 5.41) is 14.1. The lowest BCUT2D eigenvalue weighted by atomic mass is 10.1. The summed E-state index contributed by atoms with van der Waals surface area (Å²) in [6.07, 6.45) is 0.777. The monoisotopic (exact) mass is 338 g/mol. The van der Waals surface area contributed by atoms with Crippen molar-refractivity contribution in [3.8, 4) is 0 Å². The fraction of sp³-hybridized carbons (Fsp3) is 0.133. The van der Waals surface area contributed by atoms with Crippen LogP contribution in [0.1, 0.15) is 12.0 Å². The Morgan fingerprint density at radius 2 is 1.95 bits per heavy atom. The van der Waals surface area contributed by atoms with Gasteiger partial charge in [-0.1, -0.05) is 35.3 Å². The number of hydrogen-bond acceptors (Lipinski definition) is 3. The summed E-state index contributed by atoms with van der Waals surface area (Å²) < 4.78 is 0. The Morgan fingerprint density at radius 1 is 1.18 bits per heavy atom. The highest BCUT2D eigenvalue weighted by Crippen LogP contribution is 2.27. The van der Waals surface area contributed by atoms with E-state index < -0.39 is 4.92 Å². The Hall–Kier alpha value is -2.11. The van der Waals surface area contributed by atoms with Crippen LogP contribution in [-0.2, 0) is 11.2 Å². The summed E-state index contributed by atoms with van der Waals surface area (Å²) in [6, 6.07) is 11.4. The van der Waals surface area contributed by atoms with Crippen LogP contribution >= 0.6 is 23.2 Å². The number of carbonyl (C=O) groups excluding carboxylic acids is 1. The van der Waals surface area contributed by atoms with Crippen LogP contribution in [0.5, 0.6) is 0 Å². The van der Waals surface area contributed by atoms with E-state index in [1.807, 2.05) is 12.1 Å². The maximum absolute atomic E-state index is 11.9. The molecule has 0 spiro atoms. The van der Waals surface area contributed by atoms with Gasteiger partial charge in [-0.2, -0.15) is 0 Å². The standard InChI is InChI=1S/C15H12Cl2N2O3/c16-11-3-1-2-10(8-11)4-7-15(20)18-12-5-6-13(17)14(9-12)19(21)22/h1-3,5-6,8-9H,4,7H2,(H,18,20). The highest BCUT2D eigenvalue weighted by Gasteiger charge is 2.13. The van der Waals surface area contributed by atoms with Gasteiger partial charge in [0.2, 0.25) is 5.91 Å². The van der Waals surface area contributed by atoms with Gasteiger partial charge in [-0.15, -0.1) is 0 Å². The minimum absolute atomic E-state index is 0.0296. The van der Waals surface area contributed by atoms with Gasteiger partial charge in [0.05, 0.1) is 4.92 Å². The fourth-order valence-electron chi connectivity index (χ4n) is 1.90. The number of amides is 1. The van der Waals surface area contributed by atoms with Gasteiger partial charge < -0.3 is 5.32 Å². The molecule has 0 unspecified atom stereocenters. The highest BCUT2D eigenvalue weighted by atomic mass is 35.5. The summed E-state index contributed by atoms with van der Waals surface area (Å²) in [5.41, 5.74) is 1.05. The van der Waals surface area contributed by atoms with Crippen molar-refractivity contribution in [2.45, 2.75) is 12.8 Å². The van der Waals surface area contributed by atoms with Crippen molar-refractivity contribution in [1.82, 2.24) is 0 Å². The van der Waals surface area contributed by atoms with Gasteiger partial charge in [0.1, 0.15) is 5.02 Å². The van der Waals surface area contributed by atoms with E-state index in [9.17, 15) is 14.9 Å². The lowest BCUT2D eigenvalue weighted by Crippen LogP contribution is -2.12. The van der Waals surface area contributed by atoms with Crippen molar-refractivity contribution < 1.29 is 9.72 Å². The number of rotatable bonds is 5. The summed E-state index contributed by atoms with van der Waals surface area (Å²) in [5.74, 6) is -0.239. The Bertz CT molecular complexity index is 720. The Kier molecular flexibility index (Phi) is 5.35. The maximum atomic E-state index is 11.9. The van der Waals surface area contributed by atoms with Crippen molar-refractivity contribution in [2.75, 3.05) is 5.32 Å². The number of nitro benzene ring substituents is 1. The zero-order valence-corrected chi connectivity index (χ0v) is 12.9. The first-order valence-electron chi connectivity index (χ1n) is 6.44. The summed E-state index contributed by atoms with van der Waals surface area (Å²) in [7, 11) is 0. The van der Waals surface area contributed by atoms with Gasteiger partial charge in [0, 0.05) is 23.2 Å². The molecule has 2 aromatic carbocycles. The fourth-order valence-corrected chi connectivity index (χ4v) is 2.30. The van der Waals surface area contributed by atoms with Crippen LogP contribution in [0, 0.1) is 10.1 Å². The second-order valence-electron chi connectivity index (χ2n) is 4.60. The van der Waals surface area contributed by atoms with Gasteiger partial charge in [-0.25, -0.2) is 0 Å². The van der Waals surface area contributed by atoms with Gasteiger partial charge in [0.25, 0.3) is 5.69 Å². The van der Waals surface area contributed by atoms with Crippen LogP contribution in [-0.4, -0.2) is 10.8 Å². The number of carbonyl (C=O) groups is 1. The minimum Gasteiger partial charge on any atom is -0.326 e. The van der Waals surface area contributed by atoms with E-state index in [0.717, 1.165) is 5.56 Å². The van der Waals surface area contributed by atoms with Crippen LogP contribution in [0.2, 0.25) is 10.0 Å². The predicted octanol–water partition coefficient (Wildman–Crippen LogP) is 4.47. The first-order chi connectivity index (χ1) is 10.5. The van der Waals surface area contributed by atoms with Crippen molar-refractivity contribution >= 4 is 40.5 Å². The zero-order chi connectivity index (χ0) is 16.1. The highest BCUT2D eigenvalue weighted by molar-refractivity contribution is 6.32. The molecular formula is C15H12Cl2N2O3. The molecule has 0 heterocycles. The average Bonchev–Trinajstić information content (AvgIpc) is 2.47. The van der Waals surface area contributed by atoms with Crippen LogP contribution in [0.3, 0.4) is 0 Å². The average molecular weight is 339 g/mol. The van der Waals surface area contributed by atoms with Crippen LogP contribution in [0.25, 0.3) is 0 Å². The predicted molar refractivity (Wildman–Crippen MR) is 86.5 cm³/mol. The van der Waals surface area contributed by atoms with E-state index in [1.165, 1.54) is 18.2 Å². The van der Waals surface area contributed by atoms with Gasteiger partial charge in [-0.3, -0.25) is 14.9 Å². The number of benzene rings is 2. The molecule has 1 N–H and O–H groups in total. The molecule has 0 bridgehead atoms. The second-order valence-corrected chi connectivity index (χ2v) is 5.45. The Balaban J connectivity index is 1.97. The van der Waals surface area contributed by atoms with Gasteiger partial charge in [0.15, 0.2) is 0 Å². The molecule has 2 aromatic rings. The molecule has 0 atom stereocenters. The first-order valence-corrected chi connectivity index (χ1v) is 7.19. The Morgan fingerprint density at radius 3 is 2.64 bits per heavy atom. The van der Waals surface area contributed by atoms with E-state index in [-0.39, 0.29) is 23.0 Å². The summed E-state index contributed by atoms with van der Waals surface area (Å²) >= 11 is 11.6. The lowest BCUT2D eigenvalue weighted by molar-refractivity contribution is -0.384. The molecule has 0 aromatic heterocycles. The smallest absolute Gasteiger partial charge is 0.289 e. The summed E-state index contributed by atoms with van der Waals surface area (Å²) in [6.45, 7) is 0. The number of nitrogens with one attached hydrogen (secondary N) is 1. The number of halogens is 2. The lowest BCUT2D eigenvalue weighted by Gasteiger charge is -2.06. The number of nitro groups is 1. The van der Waals surface area contributed by atoms with E-state index in [2.05, 4.69) is 5.32 Å². The van der Waals surface area contributed by atoms with Crippen molar-refractivity contribution in [3.63, 3.8) is 0 Å². The van der Waals surface area contributed by atoms with Gasteiger partial charge in [-0.05, 0) is 36.2 Å². The molecule has 2 rings (SSSR count). The SMILES string of the molecule is O=C(CCc1cccc(Cl)c1)Nc1ccc(Cl)c([N+](=O)[O-])c1. The van der Waals surface area contributed by atoms with E-state index in [0.29, 0.717) is 17.1 Å². The molecule has 0 fully saturated rings. The number of nitrogens with zero attached hydrogens (tertiary/aromatic N) is 1. The molecule has 1 amide bonds. The molecular weight excluding hydrogens is 327 g/mol. The van der Waals surface area contributed by atoms with Crippen LogP contribution < -0.4 is 5.32 Å². The van der Waals surface area contributed by atoms with E-state index in [4.69, 9.17) is 23.2 Å². The summed E-state index contributed by atoms with van der Waals surface area (Å²) in [4.78, 5) is 22.1. The van der Waals surface area contributed by atoms with Crippen LogP contribution in [0.4, 0.5) is 11.4 Å². The third kappa shape index (κ3) is 4.44. The molecule has 7 heteroatoms. The van der Waals surface area contributed by atoms with Crippen molar-refractivity contribution in [1.29, 1.82) is 0 Å². The third-order valence-electron chi connectivity index (χ3n) is 2.96. The second kappa shape index (κ2) is 7.24. The molecule has 5 nitrogen and oxygen atoms in total. The number of anilines is 1. The van der Waals surface area contributed by atoms with E-state index in [1.54, 1.807) is 12.1 Å². The molecule has 0 aliphatic heterocycles. The molecule has 0 saturated heterocycles. The Labute approximate surface area is 137 Å².